The molecule has 2 aliphatic rings. The minimum Gasteiger partial charge on any atom is -0.491 e. The maximum atomic E-state index is 13.5. The van der Waals surface area contributed by atoms with Crippen LogP contribution >= 0.6 is 0 Å². The van der Waals surface area contributed by atoms with Gasteiger partial charge in [0.1, 0.15) is 17.9 Å². The molecule has 188 valence electrons. The zero-order valence-corrected chi connectivity index (χ0v) is 19.2. The molecule has 1 aromatic carbocycles. The average molecular weight is 493 g/mol. The molecule has 0 aliphatic carbocycles. The van der Waals surface area contributed by atoms with Crippen molar-refractivity contribution in [3.05, 3.63) is 51.9 Å². The van der Waals surface area contributed by atoms with E-state index in [1.54, 1.807) is 34.1 Å². The summed E-state index contributed by atoms with van der Waals surface area (Å²) in [6.45, 7) is 3.75. The van der Waals surface area contributed by atoms with E-state index < -0.39 is 23.3 Å². The van der Waals surface area contributed by atoms with Crippen LogP contribution in [-0.2, 0) is 11.0 Å². The maximum Gasteiger partial charge on any atom is 0.423 e. The van der Waals surface area contributed by atoms with Crippen LogP contribution in [-0.4, -0.2) is 77.2 Å². The highest BCUT2D eigenvalue weighted by Crippen LogP contribution is 2.36. The molecule has 0 spiro atoms. The normalized spacial score (nSPS) is 18.6. The number of nitrogens with zero attached hydrogens (tertiary/aromatic N) is 4. The molecule has 35 heavy (non-hydrogen) atoms. The first-order chi connectivity index (χ1) is 16.6. The summed E-state index contributed by atoms with van der Waals surface area (Å²) in [5.74, 6) is 0.224. The number of nitrogens with one attached hydrogen (secondary N) is 1. The van der Waals surface area contributed by atoms with Gasteiger partial charge < -0.3 is 19.4 Å². The minimum atomic E-state index is -4.82. The van der Waals surface area contributed by atoms with E-state index in [2.05, 4.69) is 5.10 Å². The minimum absolute atomic E-state index is 0.0216. The zero-order valence-electron chi connectivity index (χ0n) is 19.2. The van der Waals surface area contributed by atoms with Crippen molar-refractivity contribution in [2.24, 2.45) is 0 Å². The van der Waals surface area contributed by atoms with Crippen molar-refractivity contribution < 1.29 is 27.5 Å². The van der Waals surface area contributed by atoms with Crippen molar-refractivity contribution >= 4 is 17.5 Å². The van der Waals surface area contributed by atoms with E-state index >= 15 is 0 Å². The van der Waals surface area contributed by atoms with E-state index in [0.29, 0.717) is 56.9 Å². The number of hydrogen-bond acceptors (Lipinski definition) is 6. The fraction of sp³-hybridized carbons (Fsp3) is 0.478. The van der Waals surface area contributed by atoms with E-state index in [1.165, 1.54) is 11.8 Å². The number of piperazine rings is 1. The van der Waals surface area contributed by atoms with E-state index in [4.69, 9.17) is 4.74 Å². The molecule has 2 amide bonds. The van der Waals surface area contributed by atoms with E-state index in [9.17, 15) is 27.6 Å². The Kier molecular flexibility index (Phi) is 6.99. The molecular weight excluding hydrogens is 467 g/mol. The largest absolute Gasteiger partial charge is 0.491 e. The third kappa shape index (κ3) is 5.41. The highest BCUT2D eigenvalue weighted by Gasteiger charge is 2.40. The number of anilines is 1. The van der Waals surface area contributed by atoms with Gasteiger partial charge in [-0.2, -0.15) is 18.3 Å². The molecule has 2 fully saturated rings. The van der Waals surface area contributed by atoms with E-state index in [1.807, 2.05) is 5.10 Å². The van der Waals surface area contributed by atoms with Crippen LogP contribution in [0.2, 0.25) is 0 Å². The number of aromatic nitrogens is 2. The fourth-order valence-electron chi connectivity index (χ4n) is 4.52. The van der Waals surface area contributed by atoms with Crippen molar-refractivity contribution in [2.75, 3.05) is 44.2 Å². The first-order valence-electron chi connectivity index (χ1n) is 11.3. The molecule has 1 N–H and O–H groups in total. The summed E-state index contributed by atoms with van der Waals surface area (Å²) in [4.78, 5) is 41.1. The number of aromatic amines is 1. The van der Waals surface area contributed by atoms with Gasteiger partial charge in [-0.25, -0.2) is 5.10 Å². The number of rotatable bonds is 5. The third-order valence-corrected chi connectivity index (χ3v) is 6.34. The fourth-order valence-corrected chi connectivity index (χ4v) is 4.52. The van der Waals surface area contributed by atoms with Crippen molar-refractivity contribution in [3.8, 4) is 5.75 Å². The van der Waals surface area contributed by atoms with Gasteiger partial charge in [-0.15, -0.1) is 0 Å². The predicted molar refractivity (Wildman–Crippen MR) is 120 cm³/mol. The highest BCUT2D eigenvalue weighted by molar-refractivity contribution is 5.94. The number of carbonyl (C=O) groups excluding carboxylic acids is 2. The lowest BCUT2D eigenvalue weighted by molar-refractivity contribution is -0.138. The number of benzene rings is 1. The van der Waals surface area contributed by atoms with Crippen LogP contribution in [0.4, 0.5) is 18.9 Å². The van der Waals surface area contributed by atoms with E-state index in [-0.39, 0.29) is 24.1 Å². The summed E-state index contributed by atoms with van der Waals surface area (Å²) in [5, 5.41) is 5.42. The molecule has 0 unspecified atom stereocenters. The summed E-state index contributed by atoms with van der Waals surface area (Å²) >= 11 is 0. The standard InChI is InChI=1S/C23H26F3N5O4/c1-15(32)29-8-10-30(11-9-29)22(34)16-4-2-6-18(12-16)35-14-17-5-3-7-31(17)19-13-27-28-21(33)20(19)23(24,25)26/h2,4,6,12-13,17H,3,5,7-11,14H2,1H3,(H,28,33)/t17-/m0/s1. The number of carbonyl (C=O) groups is 2. The molecule has 0 radical (unpaired) electrons. The molecule has 9 nitrogen and oxygen atoms in total. The van der Waals surface area contributed by atoms with Gasteiger partial charge >= 0.3 is 6.18 Å². The van der Waals surface area contributed by atoms with Crippen LogP contribution in [0.5, 0.6) is 5.75 Å². The second kappa shape index (κ2) is 9.96. The molecule has 2 aliphatic heterocycles. The zero-order chi connectivity index (χ0) is 25.2. The van der Waals surface area contributed by atoms with Crippen molar-refractivity contribution in [2.45, 2.75) is 32.0 Å². The summed E-state index contributed by atoms with van der Waals surface area (Å²) in [6, 6.07) is 6.25. The topological polar surface area (TPSA) is 98.8 Å². The molecule has 2 saturated heterocycles. The Labute approximate surface area is 199 Å². The number of H-pyrrole nitrogens is 1. The van der Waals surface area contributed by atoms with Crippen molar-refractivity contribution in [1.82, 2.24) is 20.0 Å². The third-order valence-electron chi connectivity index (χ3n) is 6.34. The van der Waals surface area contributed by atoms with Gasteiger partial charge in [-0.1, -0.05) is 6.07 Å². The second-order valence-electron chi connectivity index (χ2n) is 8.58. The van der Waals surface area contributed by atoms with Crippen molar-refractivity contribution in [1.29, 1.82) is 0 Å². The Hall–Kier alpha value is -3.57. The van der Waals surface area contributed by atoms with Crippen LogP contribution < -0.4 is 15.2 Å². The molecule has 3 heterocycles. The number of halogens is 3. The van der Waals surface area contributed by atoms with Crippen LogP contribution in [0.3, 0.4) is 0 Å². The van der Waals surface area contributed by atoms with Crippen LogP contribution in [0.25, 0.3) is 0 Å². The summed E-state index contributed by atoms with van der Waals surface area (Å²) in [5.41, 5.74) is -2.38. The second-order valence-corrected chi connectivity index (χ2v) is 8.58. The average Bonchev–Trinajstić information content (AvgIpc) is 3.30. The van der Waals surface area contributed by atoms with Crippen LogP contribution in [0.15, 0.2) is 35.3 Å². The Morgan fingerprint density at radius 1 is 1.14 bits per heavy atom. The number of alkyl halides is 3. The molecule has 4 rings (SSSR count). The monoisotopic (exact) mass is 493 g/mol. The van der Waals surface area contributed by atoms with Gasteiger partial charge in [-0.05, 0) is 31.0 Å². The number of amides is 2. The van der Waals surface area contributed by atoms with Crippen molar-refractivity contribution in [3.63, 3.8) is 0 Å². The summed E-state index contributed by atoms with van der Waals surface area (Å²) in [7, 11) is 0. The van der Waals surface area contributed by atoms with E-state index in [0.717, 1.165) is 6.20 Å². The lowest BCUT2D eigenvalue weighted by Crippen LogP contribution is -2.50. The summed E-state index contributed by atoms with van der Waals surface area (Å²) in [6.07, 6.45) is -2.57. The number of ether oxygens (including phenoxy) is 1. The van der Waals surface area contributed by atoms with Gasteiger partial charge in [0, 0.05) is 45.2 Å². The lowest BCUT2D eigenvalue weighted by atomic mass is 10.1. The van der Waals surface area contributed by atoms with Gasteiger partial charge in [0.25, 0.3) is 11.5 Å². The predicted octanol–water partition coefficient (Wildman–Crippen LogP) is 2.14. The van der Waals surface area contributed by atoms with Gasteiger partial charge in [-0.3, -0.25) is 14.4 Å². The lowest BCUT2D eigenvalue weighted by Gasteiger charge is -2.34. The smallest absolute Gasteiger partial charge is 0.423 e. The molecular formula is C23H26F3N5O4. The van der Waals surface area contributed by atoms with Crippen LogP contribution in [0.1, 0.15) is 35.7 Å². The number of hydrogen-bond donors (Lipinski definition) is 1. The van der Waals surface area contributed by atoms with Crippen LogP contribution in [0, 0.1) is 0 Å². The molecule has 1 atom stereocenters. The Morgan fingerprint density at radius 3 is 2.54 bits per heavy atom. The molecule has 12 heteroatoms. The highest BCUT2D eigenvalue weighted by atomic mass is 19.4. The summed E-state index contributed by atoms with van der Waals surface area (Å²) < 4.78 is 46.4. The molecule has 0 saturated carbocycles. The Morgan fingerprint density at radius 2 is 1.86 bits per heavy atom. The molecule has 0 bridgehead atoms. The quantitative estimate of drug-likeness (QED) is 0.686. The van der Waals surface area contributed by atoms with Gasteiger partial charge in [0.05, 0.1) is 17.9 Å². The maximum absolute atomic E-state index is 13.5. The van der Waals surface area contributed by atoms with Gasteiger partial charge in [0.15, 0.2) is 0 Å². The molecule has 1 aromatic heterocycles. The Bertz CT molecular complexity index is 1140. The molecule has 2 aromatic rings. The first-order valence-corrected chi connectivity index (χ1v) is 11.3. The Balaban J connectivity index is 1.43. The SMILES string of the molecule is CC(=O)N1CCN(C(=O)c2cccc(OC[C@@H]3CCCN3c3cn[nH]c(=O)c3C(F)(F)F)c2)CC1. The van der Waals surface area contributed by atoms with Gasteiger partial charge in [0.2, 0.25) is 5.91 Å². The first kappa shape index (κ1) is 24.6.